The van der Waals surface area contributed by atoms with Gasteiger partial charge in [0.2, 0.25) is 5.71 Å². The van der Waals surface area contributed by atoms with E-state index >= 15 is 0 Å². The number of hydrogen-bond donors (Lipinski definition) is 0. The SMILES string of the molecule is S=c1c2c3c(oc2nc(SCc2ccccc2)n1C1CCCCC1)CCCC3. The van der Waals surface area contributed by atoms with E-state index in [9.17, 15) is 0 Å². The van der Waals surface area contributed by atoms with Crippen LogP contribution in [0.25, 0.3) is 11.1 Å². The number of hydrogen-bond acceptors (Lipinski definition) is 4. The van der Waals surface area contributed by atoms with Crippen LogP contribution in [0.4, 0.5) is 0 Å². The van der Waals surface area contributed by atoms with Crippen LogP contribution in [0.3, 0.4) is 0 Å². The molecule has 146 valence electrons. The molecule has 0 spiro atoms. The van der Waals surface area contributed by atoms with Crippen molar-refractivity contribution in [2.24, 2.45) is 0 Å². The molecular weight excluding hydrogens is 384 g/mol. The van der Waals surface area contributed by atoms with Crippen molar-refractivity contribution in [3.05, 3.63) is 51.9 Å². The third kappa shape index (κ3) is 3.43. The minimum atomic E-state index is 0.477. The molecule has 3 aromatic rings. The Balaban J connectivity index is 1.61. The molecule has 0 amide bonds. The molecule has 1 saturated carbocycles. The molecule has 0 N–H and O–H groups in total. The Labute approximate surface area is 175 Å². The Hall–Kier alpha value is -1.59. The molecule has 2 aliphatic carbocycles. The Kier molecular flexibility index (Phi) is 5.29. The van der Waals surface area contributed by atoms with Crippen molar-refractivity contribution >= 4 is 35.1 Å². The van der Waals surface area contributed by atoms with E-state index in [2.05, 4.69) is 34.9 Å². The highest BCUT2D eigenvalue weighted by Gasteiger charge is 2.25. The fraction of sp³-hybridized carbons (Fsp3) is 0.478. The van der Waals surface area contributed by atoms with Gasteiger partial charge in [-0.3, -0.25) is 0 Å². The summed E-state index contributed by atoms with van der Waals surface area (Å²) >= 11 is 7.88. The summed E-state index contributed by atoms with van der Waals surface area (Å²) in [5, 5.41) is 2.15. The van der Waals surface area contributed by atoms with E-state index in [-0.39, 0.29) is 0 Å². The highest BCUT2D eigenvalue weighted by atomic mass is 32.2. The molecule has 2 aliphatic rings. The quantitative estimate of drug-likeness (QED) is 0.262. The van der Waals surface area contributed by atoms with E-state index in [0.29, 0.717) is 6.04 Å². The molecule has 0 saturated heterocycles. The Morgan fingerprint density at radius 2 is 1.82 bits per heavy atom. The van der Waals surface area contributed by atoms with Gasteiger partial charge in [-0.05, 0) is 37.7 Å². The molecule has 3 nitrogen and oxygen atoms in total. The predicted octanol–water partition coefficient (Wildman–Crippen LogP) is 7.04. The van der Waals surface area contributed by atoms with E-state index < -0.39 is 0 Å². The van der Waals surface area contributed by atoms with Crippen LogP contribution in [-0.4, -0.2) is 9.55 Å². The lowest BCUT2D eigenvalue weighted by Gasteiger charge is -2.27. The molecule has 5 heteroatoms. The van der Waals surface area contributed by atoms with Gasteiger partial charge >= 0.3 is 0 Å². The average Bonchev–Trinajstić information content (AvgIpc) is 3.12. The van der Waals surface area contributed by atoms with Crippen LogP contribution in [-0.2, 0) is 18.6 Å². The number of fused-ring (bicyclic) bond motifs is 3. The lowest BCUT2D eigenvalue weighted by Crippen LogP contribution is -2.17. The zero-order valence-electron chi connectivity index (χ0n) is 16.2. The fourth-order valence-electron chi connectivity index (χ4n) is 4.68. The van der Waals surface area contributed by atoms with Crippen LogP contribution in [0.15, 0.2) is 39.9 Å². The Morgan fingerprint density at radius 3 is 2.64 bits per heavy atom. The maximum atomic E-state index is 6.20. The number of rotatable bonds is 4. The first-order chi connectivity index (χ1) is 13.8. The summed E-state index contributed by atoms with van der Waals surface area (Å²) in [6.45, 7) is 0. The van der Waals surface area contributed by atoms with Gasteiger partial charge in [0.1, 0.15) is 10.4 Å². The summed E-state index contributed by atoms with van der Waals surface area (Å²) in [6, 6.07) is 11.1. The van der Waals surface area contributed by atoms with Crippen LogP contribution < -0.4 is 0 Å². The molecular formula is C23H26N2OS2. The predicted molar refractivity (Wildman–Crippen MR) is 118 cm³/mol. The zero-order chi connectivity index (χ0) is 18.9. The maximum Gasteiger partial charge on any atom is 0.231 e. The van der Waals surface area contributed by atoms with Gasteiger partial charge in [0.05, 0.1) is 5.39 Å². The standard InChI is InChI=1S/C23H26N2OS2/c27-22-20-18-13-7-8-14-19(18)26-21(20)24-23(25(22)17-11-5-2-6-12-17)28-15-16-9-3-1-4-10-16/h1,3-4,9-10,17H,2,5-8,11-15H2. The second-order valence-corrected chi connectivity index (χ2v) is 9.36. The molecule has 2 heterocycles. The molecule has 28 heavy (non-hydrogen) atoms. The van der Waals surface area contributed by atoms with Crippen LogP contribution in [0.5, 0.6) is 0 Å². The van der Waals surface area contributed by atoms with Crippen LogP contribution in [0.2, 0.25) is 0 Å². The topological polar surface area (TPSA) is 31.0 Å². The van der Waals surface area contributed by atoms with Crippen molar-refractivity contribution in [3.8, 4) is 0 Å². The van der Waals surface area contributed by atoms with E-state index in [1.807, 2.05) is 0 Å². The molecule has 1 aromatic carbocycles. The average molecular weight is 411 g/mol. The van der Waals surface area contributed by atoms with Gasteiger partial charge in [-0.2, -0.15) is 4.98 Å². The number of aromatic nitrogens is 2. The van der Waals surface area contributed by atoms with Crippen LogP contribution in [0.1, 0.15) is 67.9 Å². The van der Waals surface area contributed by atoms with Crippen LogP contribution in [0, 0.1) is 4.64 Å². The number of benzene rings is 1. The van der Waals surface area contributed by atoms with Gasteiger partial charge in [-0.1, -0.05) is 73.6 Å². The van der Waals surface area contributed by atoms with Gasteiger partial charge < -0.3 is 8.98 Å². The monoisotopic (exact) mass is 410 g/mol. The van der Waals surface area contributed by atoms with Crippen molar-refractivity contribution in [3.63, 3.8) is 0 Å². The largest absolute Gasteiger partial charge is 0.442 e. The van der Waals surface area contributed by atoms with E-state index in [1.54, 1.807) is 11.8 Å². The first kappa shape index (κ1) is 18.4. The number of aryl methyl sites for hydroxylation is 2. The van der Waals surface area contributed by atoms with Gasteiger partial charge in [0.15, 0.2) is 5.16 Å². The second kappa shape index (κ2) is 8.03. The Bertz CT molecular complexity index is 1030. The molecule has 0 radical (unpaired) electrons. The number of furan rings is 1. The molecule has 0 aliphatic heterocycles. The van der Waals surface area contributed by atoms with Crippen molar-refractivity contribution in [2.75, 3.05) is 0 Å². The van der Waals surface area contributed by atoms with Gasteiger partial charge in [-0.15, -0.1) is 0 Å². The van der Waals surface area contributed by atoms with Gasteiger partial charge in [0, 0.05) is 23.8 Å². The van der Waals surface area contributed by atoms with E-state index in [0.717, 1.165) is 45.3 Å². The third-order valence-corrected chi connectivity index (χ3v) is 7.56. The first-order valence-corrected chi connectivity index (χ1v) is 11.9. The highest BCUT2D eigenvalue weighted by molar-refractivity contribution is 7.98. The third-order valence-electron chi connectivity index (χ3n) is 6.14. The minimum absolute atomic E-state index is 0.477. The van der Waals surface area contributed by atoms with Crippen molar-refractivity contribution < 1.29 is 4.42 Å². The van der Waals surface area contributed by atoms with Gasteiger partial charge in [-0.25, -0.2) is 0 Å². The second-order valence-electron chi connectivity index (χ2n) is 8.03. The van der Waals surface area contributed by atoms with Crippen LogP contribution >= 0.6 is 24.0 Å². The van der Waals surface area contributed by atoms with Crippen molar-refractivity contribution in [2.45, 2.75) is 74.7 Å². The summed E-state index contributed by atoms with van der Waals surface area (Å²) in [5.41, 5.74) is 3.41. The van der Waals surface area contributed by atoms with E-state index in [1.165, 1.54) is 56.1 Å². The molecule has 0 atom stereocenters. The normalized spacial score (nSPS) is 17.7. The number of thioether (sulfide) groups is 1. The lowest BCUT2D eigenvalue weighted by atomic mass is 9.95. The number of nitrogens with zero attached hydrogens (tertiary/aromatic N) is 2. The minimum Gasteiger partial charge on any atom is -0.442 e. The maximum absolute atomic E-state index is 6.20. The summed E-state index contributed by atoms with van der Waals surface area (Å²) in [6.07, 6.45) is 10.9. The fourth-order valence-corrected chi connectivity index (χ4v) is 6.20. The van der Waals surface area contributed by atoms with Crippen molar-refractivity contribution in [1.29, 1.82) is 0 Å². The van der Waals surface area contributed by atoms with E-state index in [4.69, 9.17) is 21.6 Å². The Morgan fingerprint density at radius 1 is 1.04 bits per heavy atom. The summed E-state index contributed by atoms with van der Waals surface area (Å²) in [7, 11) is 0. The zero-order valence-corrected chi connectivity index (χ0v) is 17.8. The molecule has 1 fully saturated rings. The molecule has 2 aromatic heterocycles. The summed E-state index contributed by atoms with van der Waals surface area (Å²) in [4.78, 5) is 5.02. The van der Waals surface area contributed by atoms with Gasteiger partial charge in [0.25, 0.3) is 0 Å². The summed E-state index contributed by atoms with van der Waals surface area (Å²) < 4.78 is 9.54. The molecule has 5 rings (SSSR count). The summed E-state index contributed by atoms with van der Waals surface area (Å²) in [5.74, 6) is 2.03. The first-order valence-electron chi connectivity index (χ1n) is 10.5. The highest BCUT2D eigenvalue weighted by Crippen LogP contribution is 2.38. The lowest BCUT2D eigenvalue weighted by molar-refractivity contribution is 0.329. The molecule has 0 bridgehead atoms. The smallest absolute Gasteiger partial charge is 0.231 e. The molecule has 0 unspecified atom stereocenters. The van der Waals surface area contributed by atoms with Crippen molar-refractivity contribution in [1.82, 2.24) is 9.55 Å².